The highest BCUT2D eigenvalue weighted by Gasteiger charge is 2.45. The fourth-order valence-electron chi connectivity index (χ4n) is 11.1. The Balaban J connectivity index is 0.873. The minimum Gasteiger partial charge on any atom is -0.0619 e. The molecular weight excluding hydrogens is 661 g/mol. The Morgan fingerprint density at radius 1 is 0.309 bits per heavy atom. The van der Waals surface area contributed by atoms with Gasteiger partial charge in [0, 0.05) is 17.3 Å². The van der Waals surface area contributed by atoms with Crippen molar-refractivity contribution in [3.05, 3.63) is 226 Å². The zero-order chi connectivity index (χ0) is 36.1. The third kappa shape index (κ3) is 4.52. The molecule has 0 bridgehead atoms. The van der Waals surface area contributed by atoms with Crippen molar-refractivity contribution >= 4 is 0 Å². The highest BCUT2D eigenvalue weighted by atomic mass is 14.5. The molecule has 0 N–H and O–H groups in total. The summed E-state index contributed by atoms with van der Waals surface area (Å²) in [5.74, 6) is 0.554. The molecule has 4 aliphatic carbocycles. The summed E-state index contributed by atoms with van der Waals surface area (Å²) >= 11 is 0. The quantitative estimate of drug-likeness (QED) is 0.171. The van der Waals surface area contributed by atoms with Gasteiger partial charge in [-0.15, -0.1) is 0 Å². The van der Waals surface area contributed by atoms with E-state index in [1.54, 1.807) is 0 Å². The summed E-state index contributed by atoms with van der Waals surface area (Å²) in [5, 5.41) is 0. The van der Waals surface area contributed by atoms with Crippen LogP contribution in [0.25, 0.3) is 55.6 Å². The summed E-state index contributed by atoms with van der Waals surface area (Å²) in [6, 6.07) is 69.3. The second-order valence-corrected chi connectivity index (χ2v) is 16.3. The molecule has 1 saturated carbocycles. The zero-order valence-corrected chi connectivity index (χ0v) is 30.8. The van der Waals surface area contributed by atoms with Crippen molar-refractivity contribution in [2.45, 2.75) is 42.9 Å². The molecule has 0 saturated heterocycles. The zero-order valence-electron chi connectivity index (χ0n) is 30.8. The van der Waals surface area contributed by atoms with Gasteiger partial charge in [0.2, 0.25) is 0 Å². The second-order valence-electron chi connectivity index (χ2n) is 16.3. The molecule has 0 unspecified atom stereocenters. The van der Waals surface area contributed by atoms with E-state index in [9.17, 15) is 0 Å². The van der Waals surface area contributed by atoms with E-state index >= 15 is 0 Å². The van der Waals surface area contributed by atoms with Gasteiger partial charge in [0.25, 0.3) is 0 Å². The van der Waals surface area contributed by atoms with E-state index in [0.717, 1.165) is 0 Å². The molecule has 260 valence electrons. The molecule has 0 heterocycles. The average Bonchev–Trinajstić information content (AvgIpc) is 4.02. The molecule has 0 nitrogen and oxygen atoms in total. The van der Waals surface area contributed by atoms with Gasteiger partial charge >= 0.3 is 0 Å². The number of benzene rings is 8. The molecule has 1 fully saturated rings. The van der Waals surface area contributed by atoms with Crippen molar-refractivity contribution in [3.63, 3.8) is 0 Å². The van der Waals surface area contributed by atoms with E-state index < -0.39 is 0 Å². The molecule has 8 aromatic carbocycles. The summed E-state index contributed by atoms with van der Waals surface area (Å²) in [6.45, 7) is 0. The Labute approximate surface area is 323 Å². The van der Waals surface area contributed by atoms with Crippen molar-refractivity contribution in [1.82, 2.24) is 0 Å². The average molecular weight is 701 g/mol. The van der Waals surface area contributed by atoms with Crippen molar-refractivity contribution < 1.29 is 0 Å². The predicted molar refractivity (Wildman–Crippen MR) is 228 cm³/mol. The Hall–Kier alpha value is -6.24. The SMILES string of the molecule is c1ccc2c(c1)-c1ccccc1C2c1ccc(-c2ccc3c(c2)C2(CCCC2)c2cc(-c4ccc(C5c6ccccc6-c6ccccc65)cc4)ccc2-3)cc1. The summed E-state index contributed by atoms with van der Waals surface area (Å²) in [5.41, 5.74) is 25.1. The second kappa shape index (κ2) is 11.9. The maximum absolute atomic E-state index is 2.54. The van der Waals surface area contributed by atoms with Gasteiger partial charge in [-0.3, -0.25) is 0 Å². The van der Waals surface area contributed by atoms with Gasteiger partial charge in [-0.05, 0) is 125 Å². The van der Waals surface area contributed by atoms with E-state index in [2.05, 4.69) is 182 Å². The molecule has 0 atom stereocenters. The van der Waals surface area contributed by atoms with Gasteiger partial charge in [0.15, 0.2) is 0 Å². The van der Waals surface area contributed by atoms with E-state index in [-0.39, 0.29) is 17.3 Å². The lowest BCUT2D eigenvalue weighted by Gasteiger charge is -2.27. The van der Waals surface area contributed by atoms with Crippen LogP contribution in [0.15, 0.2) is 182 Å². The first-order chi connectivity index (χ1) is 27.2. The van der Waals surface area contributed by atoms with Crippen LogP contribution in [0, 0.1) is 0 Å². The minimum absolute atomic E-state index is 0.0884. The van der Waals surface area contributed by atoms with E-state index in [4.69, 9.17) is 0 Å². The van der Waals surface area contributed by atoms with Gasteiger partial charge in [0.1, 0.15) is 0 Å². The van der Waals surface area contributed by atoms with Crippen LogP contribution in [0.5, 0.6) is 0 Å². The van der Waals surface area contributed by atoms with Gasteiger partial charge < -0.3 is 0 Å². The molecule has 0 amide bonds. The van der Waals surface area contributed by atoms with Crippen LogP contribution >= 0.6 is 0 Å². The van der Waals surface area contributed by atoms with Gasteiger partial charge in [-0.1, -0.05) is 183 Å². The molecule has 55 heavy (non-hydrogen) atoms. The van der Waals surface area contributed by atoms with Crippen LogP contribution < -0.4 is 0 Å². The van der Waals surface area contributed by atoms with E-state index in [0.29, 0.717) is 0 Å². The normalized spacial score (nSPS) is 15.7. The topological polar surface area (TPSA) is 0 Å². The third-order valence-electron chi connectivity index (χ3n) is 13.6. The Morgan fingerprint density at radius 2 is 0.636 bits per heavy atom. The van der Waals surface area contributed by atoms with Crippen LogP contribution in [-0.2, 0) is 5.41 Å². The summed E-state index contributed by atoms with van der Waals surface area (Å²) in [7, 11) is 0. The van der Waals surface area contributed by atoms with Crippen LogP contribution in [0.1, 0.15) is 82.0 Å². The first-order valence-electron chi connectivity index (χ1n) is 20.1. The van der Waals surface area contributed by atoms with Crippen molar-refractivity contribution in [2.75, 3.05) is 0 Å². The number of hydrogen-bond acceptors (Lipinski definition) is 0. The molecule has 4 aliphatic rings. The Morgan fingerprint density at radius 3 is 1.00 bits per heavy atom. The van der Waals surface area contributed by atoms with Crippen molar-refractivity contribution in [3.8, 4) is 55.6 Å². The molecule has 8 aromatic rings. The largest absolute Gasteiger partial charge is 0.0619 e. The highest BCUT2D eigenvalue weighted by molar-refractivity contribution is 5.87. The smallest absolute Gasteiger partial charge is 0.0352 e. The first-order valence-corrected chi connectivity index (χ1v) is 20.1. The van der Waals surface area contributed by atoms with Crippen molar-refractivity contribution in [1.29, 1.82) is 0 Å². The van der Waals surface area contributed by atoms with Crippen LogP contribution in [0.4, 0.5) is 0 Å². The maximum Gasteiger partial charge on any atom is 0.0352 e. The van der Waals surface area contributed by atoms with Crippen LogP contribution in [-0.4, -0.2) is 0 Å². The third-order valence-corrected chi connectivity index (χ3v) is 13.6. The monoisotopic (exact) mass is 700 g/mol. The van der Waals surface area contributed by atoms with Crippen LogP contribution in [0.3, 0.4) is 0 Å². The molecule has 0 radical (unpaired) electrons. The highest BCUT2D eigenvalue weighted by Crippen LogP contribution is 2.58. The minimum atomic E-state index is 0.0884. The fourth-order valence-corrected chi connectivity index (χ4v) is 11.1. The van der Waals surface area contributed by atoms with E-state index in [1.807, 2.05) is 0 Å². The van der Waals surface area contributed by atoms with Crippen LogP contribution in [0.2, 0.25) is 0 Å². The molecule has 0 aliphatic heterocycles. The summed E-state index contributed by atoms with van der Waals surface area (Å²) in [4.78, 5) is 0. The van der Waals surface area contributed by atoms with Crippen molar-refractivity contribution in [2.24, 2.45) is 0 Å². The molecule has 0 aromatic heterocycles. The number of rotatable bonds is 4. The standard InChI is InChI=1S/C55H40/c1-5-15-47-41(11-1)42-12-2-6-16-48(42)53(47)37-23-19-35(20-24-37)39-27-29-45-46-30-28-40(34-52(46)55(51(45)33-39)31-9-10-32-55)36-21-25-38(26-22-36)54-49-17-7-3-13-43(49)44-14-4-8-18-50(44)54/h1-8,11-30,33-34,53-54H,9-10,31-32H2. The lowest BCUT2D eigenvalue weighted by Crippen LogP contribution is -2.20. The number of hydrogen-bond donors (Lipinski definition) is 0. The first kappa shape index (κ1) is 31.1. The van der Waals surface area contributed by atoms with Gasteiger partial charge in [0.05, 0.1) is 0 Å². The Kier molecular flexibility index (Phi) is 6.73. The summed E-state index contributed by atoms with van der Waals surface area (Å²) in [6.07, 6.45) is 5.01. The lowest BCUT2D eigenvalue weighted by atomic mass is 9.75. The van der Waals surface area contributed by atoms with Gasteiger partial charge in [-0.2, -0.15) is 0 Å². The lowest BCUT2D eigenvalue weighted by molar-refractivity contribution is 0.550. The maximum atomic E-state index is 2.54. The Bertz CT molecular complexity index is 2530. The molecule has 12 rings (SSSR count). The molecule has 0 heteroatoms. The van der Waals surface area contributed by atoms with Gasteiger partial charge in [-0.25, -0.2) is 0 Å². The number of fused-ring (bicyclic) bond motifs is 11. The molecular formula is C55H40. The molecule has 1 spiro atoms. The predicted octanol–water partition coefficient (Wildman–Crippen LogP) is 14.2. The fraction of sp³-hybridized carbons (Fsp3) is 0.127. The van der Waals surface area contributed by atoms with E-state index in [1.165, 1.54) is 126 Å². The summed E-state index contributed by atoms with van der Waals surface area (Å²) < 4.78 is 0.